The van der Waals surface area contributed by atoms with Crippen LogP contribution in [-0.4, -0.2) is 24.9 Å². The van der Waals surface area contributed by atoms with E-state index in [0.717, 1.165) is 0 Å². The third kappa shape index (κ3) is 3.92. The van der Waals surface area contributed by atoms with E-state index in [4.69, 9.17) is 4.42 Å². The molecule has 1 aromatic heterocycles. The zero-order chi connectivity index (χ0) is 17.6. The van der Waals surface area contributed by atoms with Gasteiger partial charge in [-0.3, -0.25) is 9.59 Å². The van der Waals surface area contributed by atoms with Crippen LogP contribution in [-0.2, 0) is 0 Å². The van der Waals surface area contributed by atoms with Crippen LogP contribution in [0.5, 0.6) is 0 Å². The molecule has 2 aromatic carbocycles. The summed E-state index contributed by atoms with van der Waals surface area (Å²) < 4.78 is 5.13. The highest BCUT2D eigenvalue weighted by molar-refractivity contribution is 5.97. The first-order valence-corrected chi connectivity index (χ1v) is 7.79. The lowest BCUT2D eigenvalue weighted by Gasteiger charge is -2.07. The van der Waals surface area contributed by atoms with Gasteiger partial charge < -0.3 is 15.1 Å². The molecule has 0 saturated heterocycles. The minimum Gasteiger partial charge on any atom is -0.422 e. The lowest BCUT2D eigenvalue weighted by atomic mass is 10.2. The molecule has 0 aliphatic heterocycles. The maximum absolute atomic E-state index is 12.1. The van der Waals surface area contributed by atoms with Gasteiger partial charge in [-0.05, 0) is 24.3 Å². The Kier molecular flexibility index (Phi) is 4.89. The van der Waals surface area contributed by atoms with Crippen molar-refractivity contribution in [2.24, 2.45) is 0 Å². The predicted molar refractivity (Wildman–Crippen MR) is 93.6 cm³/mol. The zero-order valence-corrected chi connectivity index (χ0v) is 13.3. The molecule has 2 N–H and O–H groups in total. The van der Waals surface area contributed by atoms with Gasteiger partial charge in [-0.25, -0.2) is 4.79 Å². The van der Waals surface area contributed by atoms with Gasteiger partial charge in [0.2, 0.25) is 0 Å². The SMILES string of the molecule is O=C(NCCNC(=O)c1cc2ccccc2oc1=O)c1ccccc1. The van der Waals surface area contributed by atoms with E-state index in [9.17, 15) is 14.4 Å². The second-order valence-corrected chi connectivity index (χ2v) is 5.36. The topological polar surface area (TPSA) is 88.4 Å². The fourth-order valence-corrected chi connectivity index (χ4v) is 2.36. The van der Waals surface area contributed by atoms with E-state index in [-0.39, 0.29) is 24.6 Å². The molecular formula is C19H16N2O4. The molecule has 25 heavy (non-hydrogen) atoms. The van der Waals surface area contributed by atoms with E-state index >= 15 is 0 Å². The smallest absolute Gasteiger partial charge is 0.349 e. The van der Waals surface area contributed by atoms with Crippen LogP contribution in [0.4, 0.5) is 0 Å². The summed E-state index contributed by atoms with van der Waals surface area (Å²) in [6.07, 6.45) is 0. The standard InChI is InChI=1S/C19H16N2O4/c22-17(13-6-2-1-3-7-13)20-10-11-21-18(23)15-12-14-8-4-5-9-16(14)25-19(15)24/h1-9,12H,10-11H2,(H,20,22)(H,21,23). The van der Waals surface area contributed by atoms with Crippen LogP contribution in [0.25, 0.3) is 11.0 Å². The molecular weight excluding hydrogens is 320 g/mol. The molecule has 2 amide bonds. The number of benzene rings is 2. The predicted octanol–water partition coefficient (Wildman–Crippen LogP) is 1.95. The Hall–Kier alpha value is -3.41. The van der Waals surface area contributed by atoms with E-state index in [1.165, 1.54) is 6.07 Å². The minimum atomic E-state index is -0.690. The van der Waals surface area contributed by atoms with Gasteiger partial charge in [-0.1, -0.05) is 36.4 Å². The third-order valence-electron chi connectivity index (χ3n) is 3.62. The quantitative estimate of drug-likeness (QED) is 0.551. The molecule has 0 fully saturated rings. The molecule has 0 atom stereocenters. The average Bonchev–Trinajstić information content (AvgIpc) is 2.65. The second kappa shape index (κ2) is 7.44. The molecule has 6 nitrogen and oxygen atoms in total. The summed E-state index contributed by atoms with van der Waals surface area (Å²) in [4.78, 5) is 35.9. The number of amides is 2. The Balaban J connectivity index is 1.57. The van der Waals surface area contributed by atoms with E-state index < -0.39 is 11.5 Å². The zero-order valence-electron chi connectivity index (χ0n) is 13.3. The summed E-state index contributed by atoms with van der Waals surface area (Å²) in [5.41, 5.74) is 0.223. The fourth-order valence-electron chi connectivity index (χ4n) is 2.36. The van der Waals surface area contributed by atoms with Gasteiger partial charge in [-0.15, -0.1) is 0 Å². The molecule has 0 bridgehead atoms. The molecule has 1 heterocycles. The van der Waals surface area contributed by atoms with Crippen LogP contribution < -0.4 is 16.3 Å². The summed E-state index contributed by atoms with van der Waals surface area (Å²) in [5, 5.41) is 5.96. The van der Waals surface area contributed by atoms with Gasteiger partial charge in [0.1, 0.15) is 11.1 Å². The first-order valence-electron chi connectivity index (χ1n) is 7.79. The van der Waals surface area contributed by atoms with Gasteiger partial charge in [0.15, 0.2) is 0 Å². The van der Waals surface area contributed by atoms with Crippen LogP contribution >= 0.6 is 0 Å². The average molecular weight is 336 g/mol. The monoisotopic (exact) mass is 336 g/mol. The van der Waals surface area contributed by atoms with Gasteiger partial charge in [0.05, 0.1) is 0 Å². The minimum absolute atomic E-state index is 0.0620. The molecule has 0 spiro atoms. The number of hydrogen-bond donors (Lipinski definition) is 2. The summed E-state index contributed by atoms with van der Waals surface area (Å²) in [5.74, 6) is -0.756. The molecule has 3 aromatic rings. The van der Waals surface area contributed by atoms with Crippen molar-refractivity contribution in [1.29, 1.82) is 0 Å². The molecule has 0 radical (unpaired) electrons. The first kappa shape index (κ1) is 16.4. The van der Waals surface area contributed by atoms with Crippen LogP contribution in [0.15, 0.2) is 69.9 Å². The van der Waals surface area contributed by atoms with E-state index in [0.29, 0.717) is 16.5 Å². The number of hydrogen-bond acceptors (Lipinski definition) is 4. The molecule has 0 aliphatic carbocycles. The maximum atomic E-state index is 12.1. The molecule has 0 saturated carbocycles. The Morgan fingerprint density at radius 2 is 1.48 bits per heavy atom. The Labute approximate surface area is 143 Å². The van der Waals surface area contributed by atoms with Crippen LogP contribution in [0.3, 0.4) is 0 Å². The van der Waals surface area contributed by atoms with Crippen molar-refractivity contribution in [2.45, 2.75) is 0 Å². The van der Waals surface area contributed by atoms with E-state index in [1.54, 1.807) is 48.5 Å². The highest BCUT2D eigenvalue weighted by atomic mass is 16.4. The summed E-state index contributed by atoms with van der Waals surface area (Å²) in [7, 11) is 0. The highest BCUT2D eigenvalue weighted by Gasteiger charge is 2.13. The number of fused-ring (bicyclic) bond motifs is 1. The Morgan fingerprint density at radius 3 is 2.24 bits per heavy atom. The van der Waals surface area contributed by atoms with Crippen molar-refractivity contribution in [3.05, 3.63) is 82.2 Å². The van der Waals surface area contributed by atoms with Gasteiger partial charge in [-0.2, -0.15) is 0 Å². The number of nitrogens with one attached hydrogen (secondary N) is 2. The lowest BCUT2D eigenvalue weighted by molar-refractivity contribution is 0.0925. The molecule has 0 aliphatic rings. The van der Waals surface area contributed by atoms with Crippen LogP contribution in [0, 0.1) is 0 Å². The number of carbonyl (C=O) groups is 2. The molecule has 6 heteroatoms. The van der Waals surface area contributed by atoms with Gasteiger partial charge in [0, 0.05) is 24.0 Å². The first-order chi connectivity index (χ1) is 12.1. The van der Waals surface area contributed by atoms with Crippen LogP contribution in [0.2, 0.25) is 0 Å². The van der Waals surface area contributed by atoms with Crippen molar-refractivity contribution >= 4 is 22.8 Å². The number of para-hydroxylation sites is 1. The van der Waals surface area contributed by atoms with Crippen molar-refractivity contribution in [3.63, 3.8) is 0 Å². The normalized spacial score (nSPS) is 10.4. The largest absolute Gasteiger partial charge is 0.422 e. The van der Waals surface area contributed by atoms with Crippen molar-refractivity contribution in [2.75, 3.05) is 13.1 Å². The summed E-state index contributed by atoms with van der Waals surface area (Å²) in [6.45, 7) is 0.446. The van der Waals surface area contributed by atoms with Crippen molar-refractivity contribution in [1.82, 2.24) is 10.6 Å². The van der Waals surface area contributed by atoms with Crippen LogP contribution in [0.1, 0.15) is 20.7 Å². The fraction of sp³-hybridized carbons (Fsp3) is 0.105. The number of carbonyl (C=O) groups excluding carboxylic acids is 2. The Morgan fingerprint density at radius 1 is 0.840 bits per heavy atom. The highest BCUT2D eigenvalue weighted by Crippen LogP contribution is 2.12. The maximum Gasteiger partial charge on any atom is 0.349 e. The summed E-state index contributed by atoms with van der Waals surface area (Å²) in [6, 6.07) is 17.2. The van der Waals surface area contributed by atoms with Gasteiger partial charge in [0.25, 0.3) is 11.8 Å². The van der Waals surface area contributed by atoms with E-state index in [1.807, 2.05) is 6.07 Å². The molecule has 3 rings (SSSR count). The molecule has 0 unspecified atom stereocenters. The van der Waals surface area contributed by atoms with Crippen molar-refractivity contribution < 1.29 is 14.0 Å². The Bertz CT molecular complexity index is 964. The second-order valence-electron chi connectivity index (χ2n) is 5.36. The summed E-state index contributed by atoms with van der Waals surface area (Å²) >= 11 is 0. The molecule has 126 valence electrons. The van der Waals surface area contributed by atoms with E-state index in [2.05, 4.69) is 10.6 Å². The number of rotatable bonds is 5. The van der Waals surface area contributed by atoms with Gasteiger partial charge >= 0.3 is 5.63 Å². The van der Waals surface area contributed by atoms with Crippen molar-refractivity contribution in [3.8, 4) is 0 Å². The lowest BCUT2D eigenvalue weighted by Crippen LogP contribution is -2.36. The third-order valence-corrected chi connectivity index (χ3v) is 3.62.